The molecule has 1 heterocycles. The Bertz CT molecular complexity index is 202. The topological polar surface area (TPSA) is 44.4 Å². The fraction of sp³-hybridized carbons (Fsp3) is 0.917. The van der Waals surface area contributed by atoms with Gasteiger partial charge in [0.2, 0.25) is 0 Å². The van der Waals surface area contributed by atoms with Crippen LogP contribution < -0.4 is 10.6 Å². The Balaban J connectivity index is 2.25. The number of likely N-dealkylation sites (N-methyl/N-ethyl adjacent to an activating group) is 1. The van der Waals surface area contributed by atoms with E-state index in [1.807, 2.05) is 11.8 Å². The Morgan fingerprint density at radius 2 is 2.31 bits per heavy atom. The normalized spacial score (nSPS) is 19.8. The molecule has 2 amide bonds. The summed E-state index contributed by atoms with van der Waals surface area (Å²) in [6.07, 6.45) is 4.61. The lowest BCUT2D eigenvalue weighted by molar-refractivity contribution is 0.195. The molecule has 1 rings (SSSR count). The smallest absolute Gasteiger partial charge is 0.317 e. The first-order valence-corrected chi connectivity index (χ1v) is 6.54. The zero-order chi connectivity index (χ0) is 11.8. The van der Waals surface area contributed by atoms with Crippen molar-refractivity contribution in [3.05, 3.63) is 0 Å². The third-order valence-corrected chi connectivity index (χ3v) is 3.08. The second-order valence-electron chi connectivity index (χ2n) is 4.42. The lowest BCUT2D eigenvalue weighted by Crippen LogP contribution is -2.46. The van der Waals surface area contributed by atoms with Gasteiger partial charge < -0.3 is 15.5 Å². The maximum Gasteiger partial charge on any atom is 0.317 e. The number of amides is 2. The van der Waals surface area contributed by atoms with Crippen molar-refractivity contribution in [1.82, 2.24) is 15.5 Å². The molecule has 1 fully saturated rings. The van der Waals surface area contributed by atoms with E-state index in [1.54, 1.807) is 0 Å². The molecule has 1 unspecified atom stereocenters. The van der Waals surface area contributed by atoms with Crippen molar-refractivity contribution >= 4 is 6.03 Å². The summed E-state index contributed by atoms with van der Waals surface area (Å²) >= 11 is 0. The van der Waals surface area contributed by atoms with Crippen molar-refractivity contribution in [2.45, 2.75) is 45.6 Å². The van der Waals surface area contributed by atoms with Crippen molar-refractivity contribution in [2.75, 3.05) is 26.2 Å². The summed E-state index contributed by atoms with van der Waals surface area (Å²) in [6.45, 7) is 7.69. The minimum Gasteiger partial charge on any atom is -0.338 e. The number of hydrogen-bond donors (Lipinski definition) is 2. The molecular formula is C12H25N3O. The molecular weight excluding hydrogens is 202 g/mol. The fourth-order valence-corrected chi connectivity index (χ4v) is 2.02. The van der Waals surface area contributed by atoms with Crippen molar-refractivity contribution in [3.63, 3.8) is 0 Å². The van der Waals surface area contributed by atoms with Crippen LogP contribution in [0.15, 0.2) is 0 Å². The van der Waals surface area contributed by atoms with Gasteiger partial charge in [0.15, 0.2) is 0 Å². The summed E-state index contributed by atoms with van der Waals surface area (Å²) in [6, 6.07) is 0.585. The zero-order valence-electron chi connectivity index (χ0n) is 10.6. The Labute approximate surface area is 98.8 Å². The summed E-state index contributed by atoms with van der Waals surface area (Å²) in [5.41, 5.74) is 0. The molecule has 2 N–H and O–H groups in total. The van der Waals surface area contributed by atoms with Crippen LogP contribution in [0.3, 0.4) is 0 Å². The van der Waals surface area contributed by atoms with E-state index in [1.165, 1.54) is 12.8 Å². The van der Waals surface area contributed by atoms with Gasteiger partial charge in [-0.2, -0.15) is 0 Å². The predicted molar refractivity (Wildman–Crippen MR) is 66.6 cm³/mol. The molecule has 0 aromatic heterocycles. The third kappa shape index (κ3) is 4.39. The average Bonchev–Trinajstić information content (AvgIpc) is 2.78. The van der Waals surface area contributed by atoms with Crippen LogP contribution >= 0.6 is 0 Å². The van der Waals surface area contributed by atoms with Crippen LogP contribution in [-0.4, -0.2) is 43.2 Å². The molecule has 0 bridgehead atoms. The van der Waals surface area contributed by atoms with Crippen molar-refractivity contribution in [1.29, 1.82) is 0 Å². The van der Waals surface area contributed by atoms with Gasteiger partial charge in [0.05, 0.1) is 0 Å². The van der Waals surface area contributed by atoms with Crippen LogP contribution in [0.1, 0.15) is 39.5 Å². The first-order chi connectivity index (χ1) is 7.77. The van der Waals surface area contributed by atoms with Gasteiger partial charge in [-0.05, 0) is 32.7 Å². The zero-order valence-corrected chi connectivity index (χ0v) is 10.6. The van der Waals surface area contributed by atoms with Crippen molar-refractivity contribution < 1.29 is 4.79 Å². The van der Waals surface area contributed by atoms with Gasteiger partial charge in [-0.25, -0.2) is 4.79 Å². The predicted octanol–water partition coefficient (Wildman–Crippen LogP) is 1.57. The van der Waals surface area contributed by atoms with Gasteiger partial charge in [-0.3, -0.25) is 0 Å². The van der Waals surface area contributed by atoms with E-state index in [-0.39, 0.29) is 6.03 Å². The van der Waals surface area contributed by atoms with Crippen LogP contribution in [0, 0.1) is 0 Å². The monoisotopic (exact) mass is 227 g/mol. The van der Waals surface area contributed by atoms with E-state index in [0.717, 1.165) is 39.0 Å². The lowest BCUT2D eigenvalue weighted by Gasteiger charge is -2.24. The number of nitrogens with one attached hydrogen (secondary N) is 2. The maximum absolute atomic E-state index is 11.8. The molecule has 16 heavy (non-hydrogen) atoms. The second kappa shape index (κ2) is 7.49. The Morgan fingerprint density at radius 1 is 1.50 bits per heavy atom. The number of carbonyl (C=O) groups is 1. The molecule has 0 saturated carbocycles. The quantitative estimate of drug-likeness (QED) is 0.677. The van der Waals surface area contributed by atoms with Crippen LogP contribution in [0.5, 0.6) is 0 Å². The van der Waals surface area contributed by atoms with Crippen LogP contribution in [0.2, 0.25) is 0 Å². The summed E-state index contributed by atoms with van der Waals surface area (Å²) in [5.74, 6) is 0. The molecule has 0 radical (unpaired) electrons. The SMILES string of the molecule is CCCCNC(=O)N(CC)CC1CCCN1. The summed E-state index contributed by atoms with van der Waals surface area (Å²) < 4.78 is 0. The Kier molecular flexibility index (Phi) is 6.23. The number of carbonyl (C=O) groups excluding carboxylic acids is 1. The van der Waals surface area contributed by atoms with E-state index in [4.69, 9.17) is 0 Å². The highest BCUT2D eigenvalue weighted by atomic mass is 16.2. The fourth-order valence-electron chi connectivity index (χ4n) is 2.02. The number of unbranched alkanes of at least 4 members (excludes halogenated alkanes) is 1. The first-order valence-electron chi connectivity index (χ1n) is 6.54. The second-order valence-corrected chi connectivity index (χ2v) is 4.42. The molecule has 1 aliphatic heterocycles. The highest BCUT2D eigenvalue weighted by Gasteiger charge is 2.19. The molecule has 1 atom stereocenters. The van der Waals surface area contributed by atoms with E-state index < -0.39 is 0 Å². The van der Waals surface area contributed by atoms with Gasteiger partial charge >= 0.3 is 6.03 Å². The molecule has 0 aromatic rings. The van der Waals surface area contributed by atoms with E-state index in [2.05, 4.69) is 17.6 Å². The Hall–Kier alpha value is -0.770. The molecule has 4 heteroatoms. The van der Waals surface area contributed by atoms with Gasteiger partial charge in [-0.1, -0.05) is 13.3 Å². The first kappa shape index (κ1) is 13.3. The van der Waals surface area contributed by atoms with E-state index in [0.29, 0.717) is 6.04 Å². The maximum atomic E-state index is 11.8. The molecule has 4 nitrogen and oxygen atoms in total. The van der Waals surface area contributed by atoms with Gasteiger partial charge in [0, 0.05) is 25.7 Å². The Morgan fingerprint density at radius 3 is 2.88 bits per heavy atom. The van der Waals surface area contributed by atoms with Crippen LogP contribution in [0.25, 0.3) is 0 Å². The lowest BCUT2D eigenvalue weighted by atomic mass is 10.2. The van der Waals surface area contributed by atoms with E-state index in [9.17, 15) is 4.79 Å². The number of hydrogen-bond acceptors (Lipinski definition) is 2. The largest absolute Gasteiger partial charge is 0.338 e. The molecule has 0 aromatic carbocycles. The standard InChI is InChI=1S/C12H25N3O/c1-3-5-8-14-12(16)15(4-2)10-11-7-6-9-13-11/h11,13H,3-10H2,1-2H3,(H,14,16). The molecule has 0 aliphatic carbocycles. The molecule has 1 saturated heterocycles. The number of rotatable bonds is 6. The van der Waals surface area contributed by atoms with Gasteiger partial charge in [-0.15, -0.1) is 0 Å². The minimum absolute atomic E-state index is 0.0876. The number of urea groups is 1. The average molecular weight is 227 g/mol. The minimum atomic E-state index is 0.0876. The van der Waals surface area contributed by atoms with Crippen molar-refractivity contribution in [3.8, 4) is 0 Å². The third-order valence-electron chi connectivity index (χ3n) is 3.08. The highest BCUT2D eigenvalue weighted by Crippen LogP contribution is 2.06. The summed E-state index contributed by atoms with van der Waals surface area (Å²) in [4.78, 5) is 13.7. The summed E-state index contributed by atoms with van der Waals surface area (Å²) in [7, 11) is 0. The van der Waals surface area contributed by atoms with Crippen LogP contribution in [-0.2, 0) is 0 Å². The van der Waals surface area contributed by atoms with Crippen LogP contribution in [0.4, 0.5) is 4.79 Å². The van der Waals surface area contributed by atoms with E-state index >= 15 is 0 Å². The molecule has 1 aliphatic rings. The molecule has 0 spiro atoms. The van der Waals surface area contributed by atoms with Crippen molar-refractivity contribution in [2.24, 2.45) is 0 Å². The highest BCUT2D eigenvalue weighted by molar-refractivity contribution is 5.74. The number of nitrogens with zero attached hydrogens (tertiary/aromatic N) is 1. The molecule has 94 valence electrons. The van der Waals surface area contributed by atoms with Gasteiger partial charge in [0.1, 0.15) is 0 Å². The van der Waals surface area contributed by atoms with Gasteiger partial charge in [0.25, 0.3) is 0 Å². The summed E-state index contributed by atoms with van der Waals surface area (Å²) in [5, 5.41) is 6.39.